The van der Waals surface area contributed by atoms with Crippen molar-refractivity contribution in [3.05, 3.63) is 6.07 Å². The molecule has 4 rings (SSSR count). The van der Waals surface area contributed by atoms with Crippen LogP contribution in [0.25, 0.3) is 0 Å². The van der Waals surface area contributed by atoms with Gasteiger partial charge in [-0.15, -0.1) is 0 Å². The summed E-state index contributed by atoms with van der Waals surface area (Å²) in [6.45, 7) is 12.3. The van der Waals surface area contributed by atoms with Crippen LogP contribution in [0, 0.1) is 11.8 Å². The first-order chi connectivity index (χ1) is 19.2. The summed E-state index contributed by atoms with van der Waals surface area (Å²) in [5, 5.41) is 17.3. The largest absolute Gasteiger partial charge is 0.383 e. The van der Waals surface area contributed by atoms with Gasteiger partial charge in [-0.05, 0) is 97.2 Å². The van der Waals surface area contributed by atoms with E-state index in [1.165, 1.54) is 64.2 Å². The number of carbonyl (C=O) groups excluding carboxylic acids is 1. The van der Waals surface area contributed by atoms with Crippen molar-refractivity contribution in [1.82, 2.24) is 31.2 Å². The first kappa shape index (κ1) is 30.8. The third-order valence-corrected chi connectivity index (χ3v) is 8.56. The minimum Gasteiger partial charge on any atom is -0.383 e. The molecule has 0 spiro atoms. The molecule has 1 atom stereocenters. The summed E-state index contributed by atoms with van der Waals surface area (Å²) in [5.41, 5.74) is 5.90. The van der Waals surface area contributed by atoms with E-state index >= 15 is 0 Å². The molecular weight excluding hydrogens is 502 g/mol. The highest BCUT2D eigenvalue weighted by molar-refractivity contribution is 5.83. The Morgan fingerprint density at radius 2 is 1.75 bits per heavy atom. The third-order valence-electron chi connectivity index (χ3n) is 8.56. The van der Waals surface area contributed by atoms with Crippen LogP contribution in [-0.2, 0) is 4.79 Å². The Morgan fingerprint density at radius 3 is 2.48 bits per heavy atom. The Kier molecular flexibility index (Phi) is 11.7. The number of nitrogens with two attached hydrogens (primary N) is 1. The summed E-state index contributed by atoms with van der Waals surface area (Å²) >= 11 is 0. The molecule has 3 aliphatic rings. The second-order valence-electron chi connectivity index (χ2n) is 13.3. The highest BCUT2D eigenvalue weighted by atomic mass is 16.2. The predicted molar refractivity (Wildman–Crippen MR) is 165 cm³/mol. The van der Waals surface area contributed by atoms with E-state index in [4.69, 9.17) is 10.7 Å². The molecule has 0 radical (unpaired) electrons. The third kappa shape index (κ3) is 10.3. The predicted octanol–water partition coefficient (Wildman–Crippen LogP) is 2.87. The van der Waals surface area contributed by atoms with Crippen molar-refractivity contribution in [2.45, 2.75) is 103 Å². The van der Waals surface area contributed by atoms with Gasteiger partial charge in [-0.25, -0.2) is 0 Å². The Bertz CT molecular complexity index is 907. The van der Waals surface area contributed by atoms with Crippen LogP contribution in [-0.4, -0.2) is 79.3 Å². The molecule has 0 bridgehead atoms. The van der Waals surface area contributed by atoms with Crippen molar-refractivity contribution in [2.75, 3.05) is 61.8 Å². The molecule has 1 saturated heterocycles. The molecule has 10 nitrogen and oxygen atoms in total. The highest BCUT2D eigenvalue weighted by Crippen LogP contribution is 2.29. The van der Waals surface area contributed by atoms with Crippen molar-refractivity contribution < 1.29 is 4.79 Å². The lowest BCUT2D eigenvalue weighted by Gasteiger charge is -2.35. The monoisotopic (exact) mass is 557 g/mol. The SMILES string of the molecule is CC(C)(C)NC(=O)C1CN(c2cc(N)nc(NCC3CCC(CNCCCNC4CCCCC4)CC3)n2)CCN1. The number of hydrogen-bond acceptors (Lipinski definition) is 9. The van der Waals surface area contributed by atoms with Crippen LogP contribution in [0.3, 0.4) is 0 Å². The number of carbonyl (C=O) groups is 1. The number of nitrogen functional groups attached to an aromatic ring is 1. The molecule has 7 N–H and O–H groups in total. The fourth-order valence-corrected chi connectivity index (χ4v) is 6.29. The van der Waals surface area contributed by atoms with Gasteiger partial charge in [0.05, 0.1) is 0 Å². The van der Waals surface area contributed by atoms with Gasteiger partial charge in [-0.1, -0.05) is 19.3 Å². The van der Waals surface area contributed by atoms with Crippen LogP contribution >= 0.6 is 0 Å². The molecule has 1 aliphatic heterocycles. The maximum atomic E-state index is 12.7. The van der Waals surface area contributed by atoms with Gasteiger partial charge in [0.15, 0.2) is 0 Å². The Labute approximate surface area is 241 Å². The van der Waals surface area contributed by atoms with Gasteiger partial charge in [0, 0.05) is 43.8 Å². The topological polar surface area (TPSA) is 132 Å². The standard InChI is InChI=1S/C30H55N9O/c1-30(2,3)38-28(40)25-21-39(17-16-34-25)27-18-26(31)36-29(37-27)35-20-23-12-10-22(11-13-23)19-32-14-7-15-33-24-8-5-4-6-9-24/h18,22-25,32-34H,4-17,19-21H2,1-3H3,(H,38,40)(H3,31,35,36,37). The highest BCUT2D eigenvalue weighted by Gasteiger charge is 2.29. The lowest BCUT2D eigenvalue weighted by molar-refractivity contribution is -0.124. The zero-order valence-corrected chi connectivity index (χ0v) is 25.2. The molecule has 0 aromatic carbocycles. The van der Waals surface area contributed by atoms with Crippen molar-refractivity contribution in [2.24, 2.45) is 11.8 Å². The molecular formula is C30H55N9O. The van der Waals surface area contributed by atoms with E-state index in [1.807, 2.05) is 20.8 Å². The van der Waals surface area contributed by atoms with Crippen molar-refractivity contribution >= 4 is 23.5 Å². The number of piperazine rings is 1. The van der Waals surface area contributed by atoms with Crippen LogP contribution in [0.2, 0.25) is 0 Å². The van der Waals surface area contributed by atoms with Gasteiger partial charge in [0.2, 0.25) is 11.9 Å². The molecule has 40 heavy (non-hydrogen) atoms. The van der Waals surface area contributed by atoms with E-state index in [-0.39, 0.29) is 17.5 Å². The fraction of sp³-hybridized carbons (Fsp3) is 0.833. The van der Waals surface area contributed by atoms with Crippen LogP contribution in [0.4, 0.5) is 17.6 Å². The van der Waals surface area contributed by atoms with E-state index < -0.39 is 0 Å². The van der Waals surface area contributed by atoms with Gasteiger partial charge in [-0.3, -0.25) is 4.79 Å². The van der Waals surface area contributed by atoms with Crippen molar-refractivity contribution in [1.29, 1.82) is 0 Å². The van der Waals surface area contributed by atoms with Crippen LogP contribution in [0.1, 0.15) is 85.0 Å². The summed E-state index contributed by atoms with van der Waals surface area (Å²) in [6.07, 6.45) is 13.2. The van der Waals surface area contributed by atoms with E-state index in [1.54, 1.807) is 6.07 Å². The maximum absolute atomic E-state index is 12.7. The maximum Gasteiger partial charge on any atom is 0.239 e. The number of nitrogens with zero attached hydrogens (tertiary/aromatic N) is 3. The van der Waals surface area contributed by atoms with Crippen LogP contribution < -0.4 is 37.2 Å². The van der Waals surface area contributed by atoms with E-state index in [9.17, 15) is 4.79 Å². The minimum absolute atomic E-state index is 0.00930. The number of hydrogen-bond donors (Lipinski definition) is 6. The Balaban J connectivity index is 1.13. The molecule has 1 aromatic rings. The van der Waals surface area contributed by atoms with Gasteiger partial charge in [-0.2, -0.15) is 9.97 Å². The summed E-state index contributed by atoms with van der Waals surface area (Å²) in [7, 11) is 0. The second kappa shape index (κ2) is 15.2. The van der Waals surface area contributed by atoms with E-state index in [2.05, 4.69) is 36.5 Å². The smallest absolute Gasteiger partial charge is 0.239 e. The molecule has 2 aliphatic carbocycles. The van der Waals surface area contributed by atoms with E-state index in [0.29, 0.717) is 30.8 Å². The van der Waals surface area contributed by atoms with Gasteiger partial charge in [0.1, 0.15) is 17.7 Å². The van der Waals surface area contributed by atoms with Crippen molar-refractivity contribution in [3.63, 3.8) is 0 Å². The molecule has 10 heteroatoms. The normalized spacial score (nSPS) is 24.6. The number of amides is 1. The van der Waals surface area contributed by atoms with Crippen LogP contribution in [0.5, 0.6) is 0 Å². The lowest BCUT2D eigenvalue weighted by atomic mass is 9.82. The average molecular weight is 558 g/mol. The Morgan fingerprint density at radius 1 is 1.02 bits per heavy atom. The minimum atomic E-state index is -0.288. The quantitative estimate of drug-likeness (QED) is 0.215. The molecule has 2 saturated carbocycles. The summed E-state index contributed by atoms with van der Waals surface area (Å²) in [4.78, 5) is 24.0. The molecule has 3 fully saturated rings. The molecule has 1 aromatic heterocycles. The first-order valence-corrected chi connectivity index (χ1v) is 15.9. The molecule has 2 heterocycles. The number of nitrogens with one attached hydrogen (secondary N) is 5. The summed E-state index contributed by atoms with van der Waals surface area (Å²) < 4.78 is 0. The Hall–Kier alpha value is -2.17. The zero-order chi connectivity index (χ0) is 28.4. The molecule has 1 amide bonds. The van der Waals surface area contributed by atoms with Crippen LogP contribution in [0.15, 0.2) is 6.07 Å². The average Bonchev–Trinajstić information content (AvgIpc) is 2.94. The molecule has 1 unspecified atom stereocenters. The lowest BCUT2D eigenvalue weighted by Crippen LogP contribution is -2.59. The second-order valence-corrected chi connectivity index (χ2v) is 13.3. The fourth-order valence-electron chi connectivity index (χ4n) is 6.29. The van der Waals surface area contributed by atoms with Gasteiger partial charge < -0.3 is 37.2 Å². The van der Waals surface area contributed by atoms with Crippen molar-refractivity contribution in [3.8, 4) is 0 Å². The first-order valence-electron chi connectivity index (χ1n) is 15.9. The zero-order valence-electron chi connectivity index (χ0n) is 25.2. The number of anilines is 3. The number of aromatic nitrogens is 2. The van der Waals surface area contributed by atoms with Gasteiger partial charge in [0.25, 0.3) is 0 Å². The van der Waals surface area contributed by atoms with Gasteiger partial charge >= 0.3 is 0 Å². The summed E-state index contributed by atoms with van der Waals surface area (Å²) in [6, 6.07) is 2.28. The molecule has 226 valence electrons. The summed E-state index contributed by atoms with van der Waals surface area (Å²) in [5.74, 6) is 3.23. The van der Waals surface area contributed by atoms with E-state index in [0.717, 1.165) is 50.5 Å². The number of rotatable bonds is 12.